The Bertz CT molecular complexity index is 759. The first kappa shape index (κ1) is 17.4. The monoisotopic (exact) mass is 357 g/mol. The summed E-state index contributed by atoms with van der Waals surface area (Å²) in [6.45, 7) is 3.09. The second kappa shape index (κ2) is 7.66. The number of aromatic nitrogens is 1. The Morgan fingerprint density at radius 1 is 1.20 bits per heavy atom. The number of anilines is 1. The molecule has 0 radical (unpaired) electrons. The number of piperidine rings is 1. The molecule has 0 saturated carbocycles. The molecule has 2 amide bonds. The molecule has 5 nitrogen and oxygen atoms in total. The molecule has 0 aliphatic carbocycles. The van der Waals surface area contributed by atoms with Gasteiger partial charge in [0.15, 0.2) is 0 Å². The summed E-state index contributed by atoms with van der Waals surface area (Å²) in [5.74, 6) is 0.0929. The van der Waals surface area contributed by atoms with Gasteiger partial charge in [-0.1, -0.05) is 29.3 Å². The molecule has 0 spiro atoms. The number of aryl methyl sites for hydroxylation is 1. The summed E-state index contributed by atoms with van der Waals surface area (Å²) in [6.07, 6.45) is 3.06. The van der Waals surface area contributed by atoms with Crippen molar-refractivity contribution in [3.8, 4) is 0 Å². The second-order valence-corrected chi connectivity index (χ2v) is 6.74. The van der Waals surface area contributed by atoms with Gasteiger partial charge < -0.3 is 10.2 Å². The van der Waals surface area contributed by atoms with E-state index in [9.17, 15) is 9.59 Å². The van der Waals surface area contributed by atoms with Gasteiger partial charge in [0.05, 0.1) is 10.9 Å². The molecule has 25 heavy (non-hydrogen) atoms. The van der Waals surface area contributed by atoms with E-state index in [1.54, 1.807) is 17.0 Å². The van der Waals surface area contributed by atoms with Crippen LogP contribution in [0, 0.1) is 12.8 Å². The molecule has 130 valence electrons. The molecule has 1 saturated heterocycles. The van der Waals surface area contributed by atoms with E-state index in [0.29, 0.717) is 29.5 Å². The minimum atomic E-state index is -0.236. The summed E-state index contributed by atoms with van der Waals surface area (Å²) < 4.78 is 0. The first-order valence-electron chi connectivity index (χ1n) is 8.31. The fraction of sp³-hybridized carbons (Fsp3) is 0.316. The van der Waals surface area contributed by atoms with Crippen molar-refractivity contribution in [3.05, 3.63) is 58.7 Å². The molecule has 1 N–H and O–H groups in total. The van der Waals surface area contributed by atoms with Gasteiger partial charge in [0.1, 0.15) is 5.82 Å². The zero-order chi connectivity index (χ0) is 17.8. The SMILES string of the molecule is Cc1ccc(C(=O)N2CCC[C@@H](C(=O)Nc3ccc(Cl)cn3)C2)cc1. The van der Waals surface area contributed by atoms with Crippen molar-refractivity contribution >= 4 is 29.2 Å². The third-order valence-electron chi connectivity index (χ3n) is 4.36. The smallest absolute Gasteiger partial charge is 0.253 e. The molecule has 1 fully saturated rings. The average Bonchev–Trinajstić information content (AvgIpc) is 2.64. The Morgan fingerprint density at radius 2 is 1.96 bits per heavy atom. The number of hydrogen-bond acceptors (Lipinski definition) is 3. The van der Waals surface area contributed by atoms with Crippen molar-refractivity contribution < 1.29 is 9.59 Å². The Hall–Kier alpha value is -2.40. The lowest BCUT2D eigenvalue weighted by Crippen LogP contribution is -2.43. The first-order valence-corrected chi connectivity index (χ1v) is 8.69. The molecule has 0 unspecified atom stereocenters. The van der Waals surface area contributed by atoms with Crippen LogP contribution < -0.4 is 5.32 Å². The van der Waals surface area contributed by atoms with Gasteiger partial charge in [0.25, 0.3) is 5.91 Å². The van der Waals surface area contributed by atoms with Crippen LogP contribution in [0.1, 0.15) is 28.8 Å². The zero-order valence-corrected chi connectivity index (χ0v) is 14.8. The van der Waals surface area contributed by atoms with Crippen molar-refractivity contribution in [1.29, 1.82) is 0 Å². The number of carbonyl (C=O) groups excluding carboxylic acids is 2. The molecular formula is C19H20ClN3O2. The molecule has 1 aromatic heterocycles. The van der Waals surface area contributed by atoms with Crippen molar-refractivity contribution in [2.45, 2.75) is 19.8 Å². The van der Waals surface area contributed by atoms with Crippen LogP contribution in [0.15, 0.2) is 42.6 Å². The maximum absolute atomic E-state index is 12.6. The summed E-state index contributed by atoms with van der Waals surface area (Å²) in [5.41, 5.74) is 1.77. The molecule has 6 heteroatoms. The number of pyridine rings is 1. The van der Waals surface area contributed by atoms with Crippen LogP contribution in [-0.2, 0) is 4.79 Å². The van der Waals surface area contributed by atoms with Gasteiger partial charge in [0, 0.05) is 24.8 Å². The quantitative estimate of drug-likeness (QED) is 0.913. The molecule has 0 bridgehead atoms. The van der Waals surface area contributed by atoms with Crippen LogP contribution >= 0.6 is 11.6 Å². The zero-order valence-electron chi connectivity index (χ0n) is 14.0. The lowest BCUT2D eigenvalue weighted by Gasteiger charge is -2.32. The topological polar surface area (TPSA) is 62.3 Å². The number of nitrogens with zero attached hydrogens (tertiary/aromatic N) is 2. The number of likely N-dealkylation sites (tertiary alicyclic amines) is 1. The summed E-state index contributed by atoms with van der Waals surface area (Å²) in [7, 11) is 0. The van der Waals surface area contributed by atoms with E-state index in [4.69, 9.17) is 11.6 Å². The number of carbonyl (C=O) groups is 2. The molecule has 1 aliphatic rings. The maximum atomic E-state index is 12.6. The van der Waals surface area contributed by atoms with Crippen LogP contribution in [0.3, 0.4) is 0 Å². The summed E-state index contributed by atoms with van der Waals surface area (Å²) in [4.78, 5) is 31.0. The molecule has 2 aromatic rings. The van der Waals surface area contributed by atoms with E-state index in [0.717, 1.165) is 18.4 Å². The Labute approximate surface area is 152 Å². The van der Waals surface area contributed by atoms with Crippen LogP contribution in [0.5, 0.6) is 0 Å². The lowest BCUT2D eigenvalue weighted by atomic mass is 9.96. The molecule has 1 atom stereocenters. The molecule has 3 rings (SSSR count). The maximum Gasteiger partial charge on any atom is 0.253 e. The standard InChI is InChI=1S/C19H20ClN3O2/c1-13-4-6-14(7-5-13)19(25)23-10-2-3-15(12-23)18(24)22-17-9-8-16(20)11-21-17/h4-9,11,15H,2-3,10,12H2,1H3,(H,21,22,24)/t15-/m1/s1. The normalized spacial score (nSPS) is 17.2. The molecule has 2 heterocycles. The average molecular weight is 358 g/mol. The number of hydrogen-bond donors (Lipinski definition) is 1. The molecule has 1 aromatic carbocycles. The van der Waals surface area contributed by atoms with E-state index in [1.807, 2.05) is 31.2 Å². The van der Waals surface area contributed by atoms with Gasteiger partial charge in [-0.3, -0.25) is 9.59 Å². The Morgan fingerprint density at radius 3 is 2.64 bits per heavy atom. The Balaban J connectivity index is 1.63. The van der Waals surface area contributed by atoms with Crippen molar-refractivity contribution in [1.82, 2.24) is 9.88 Å². The van der Waals surface area contributed by atoms with E-state index in [-0.39, 0.29) is 17.7 Å². The largest absolute Gasteiger partial charge is 0.338 e. The number of amides is 2. The summed E-state index contributed by atoms with van der Waals surface area (Å²) in [5, 5.41) is 3.32. The number of benzene rings is 1. The number of nitrogens with one attached hydrogen (secondary N) is 1. The van der Waals surface area contributed by atoms with E-state index >= 15 is 0 Å². The highest BCUT2D eigenvalue weighted by molar-refractivity contribution is 6.30. The van der Waals surface area contributed by atoms with Crippen LogP contribution in [0.4, 0.5) is 5.82 Å². The highest BCUT2D eigenvalue weighted by Crippen LogP contribution is 2.21. The van der Waals surface area contributed by atoms with Crippen LogP contribution in [0.25, 0.3) is 0 Å². The Kier molecular flexibility index (Phi) is 5.34. The van der Waals surface area contributed by atoms with E-state index < -0.39 is 0 Å². The minimum Gasteiger partial charge on any atom is -0.338 e. The van der Waals surface area contributed by atoms with Crippen LogP contribution in [0.2, 0.25) is 5.02 Å². The summed E-state index contributed by atoms with van der Waals surface area (Å²) >= 11 is 5.80. The van der Waals surface area contributed by atoms with Gasteiger partial charge in [-0.2, -0.15) is 0 Å². The highest BCUT2D eigenvalue weighted by Gasteiger charge is 2.29. The predicted molar refractivity (Wildman–Crippen MR) is 97.7 cm³/mol. The van der Waals surface area contributed by atoms with Crippen molar-refractivity contribution in [2.24, 2.45) is 5.92 Å². The van der Waals surface area contributed by atoms with Gasteiger partial charge >= 0.3 is 0 Å². The summed E-state index contributed by atoms with van der Waals surface area (Å²) in [6, 6.07) is 10.9. The number of rotatable bonds is 3. The van der Waals surface area contributed by atoms with Crippen molar-refractivity contribution in [3.63, 3.8) is 0 Å². The third kappa shape index (κ3) is 4.37. The third-order valence-corrected chi connectivity index (χ3v) is 4.58. The predicted octanol–water partition coefficient (Wildman–Crippen LogP) is 3.53. The van der Waals surface area contributed by atoms with E-state index in [2.05, 4.69) is 10.3 Å². The first-order chi connectivity index (χ1) is 12.0. The van der Waals surface area contributed by atoms with Crippen LogP contribution in [-0.4, -0.2) is 34.8 Å². The van der Waals surface area contributed by atoms with Gasteiger partial charge in [-0.15, -0.1) is 0 Å². The fourth-order valence-corrected chi connectivity index (χ4v) is 3.04. The van der Waals surface area contributed by atoms with Gasteiger partial charge in [0.2, 0.25) is 5.91 Å². The molecular weight excluding hydrogens is 338 g/mol. The minimum absolute atomic E-state index is 0.0258. The molecule has 1 aliphatic heterocycles. The van der Waals surface area contributed by atoms with Crippen molar-refractivity contribution in [2.75, 3.05) is 18.4 Å². The lowest BCUT2D eigenvalue weighted by molar-refractivity contribution is -0.121. The van der Waals surface area contributed by atoms with Gasteiger partial charge in [-0.25, -0.2) is 4.98 Å². The number of halogens is 1. The van der Waals surface area contributed by atoms with E-state index in [1.165, 1.54) is 6.20 Å². The highest BCUT2D eigenvalue weighted by atomic mass is 35.5. The fourth-order valence-electron chi connectivity index (χ4n) is 2.93. The van der Waals surface area contributed by atoms with Gasteiger partial charge in [-0.05, 0) is 44.0 Å². The second-order valence-electron chi connectivity index (χ2n) is 6.31.